The third-order valence-corrected chi connectivity index (χ3v) is 9.74. The zero-order valence-electron chi connectivity index (χ0n) is 29.4. The molecule has 0 radical (unpaired) electrons. The lowest BCUT2D eigenvalue weighted by atomic mass is 9.77. The SMILES string of the molecule is CC[C@@H]1[C@@H]2CN(C(=O)[C@H](C(C)(C)C)CC(=O)O[C@@]3(C)C[C@@H]3CCC/C=C/c3nc4ccc(OC)cc4nc3O2)[C@@H]1C(=O)OC(C)(C)C. The average Bonchev–Trinajstić information content (AvgIpc) is 3.45. The Hall–Kier alpha value is -3.69. The molecule has 2 aromatic rings. The number of hydrogen-bond donors (Lipinski definition) is 0. The highest BCUT2D eigenvalue weighted by Gasteiger charge is 2.55. The summed E-state index contributed by atoms with van der Waals surface area (Å²) in [5.41, 5.74) is 0.0239. The maximum Gasteiger partial charge on any atom is 0.329 e. The van der Waals surface area contributed by atoms with Gasteiger partial charge in [-0.15, -0.1) is 0 Å². The molecule has 2 bridgehead atoms. The van der Waals surface area contributed by atoms with Crippen LogP contribution in [-0.2, 0) is 23.9 Å². The van der Waals surface area contributed by atoms with Crippen LogP contribution < -0.4 is 9.47 Å². The first kappa shape index (κ1) is 34.6. The van der Waals surface area contributed by atoms with E-state index in [9.17, 15) is 14.4 Å². The van der Waals surface area contributed by atoms with Gasteiger partial charge in [0.05, 0.1) is 37.0 Å². The van der Waals surface area contributed by atoms with Crippen LogP contribution in [0.15, 0.2) is 24.3 Å². The number of nitrogens with zero attached hydrogens (tertiary/aromatic N) is 3. The van der Waals surface area contributed by atoms with Crippen LogP contribution in [0.5, 0.6) is 11.6 Å². The maximum absolute atomic E-state index is 14.6. The second-order valence-electron chi connectivity index (χ2n) is 15.6. The Morgan fingerprint density at radius 3 is 2.51 bits per heavy atom. The fourth-order valence-electron chi connectivity index (χ4n) is 6.95. The van der Waals surface area contributed by atoms with Gasteiger partial charge >= 0.3 is 11.9 Å². The number of ether oxygens (including phenoxy) is 4. The number of carbonyl (C=O) groups excluding carboxylic acids is 3. The Labute approximate surface area is 278 Å². The summed E-state index contributed by atoms with van der Waals surface area (Å²) in [5.74, 6) is -1.03. The van der Waals surface area contributed by atoms with Gasteiger partial charge in [0.15, 0.2) is 0 Å². The van der Waals surface area contributed by atoms with Crippen LogP contribution >= 0.6 is 0 Å². The number of esters is 2. The standard InChI is InChI=1S/C37H51N3O7/c1-10-24-29-21-40(31(24)34(43)47-36(5,6)7)33(42)25(35(2,3)4)19-30(41)46-37(8)20-22(37)14-12-11-13-15-27-32(45-29)39-28-18-23(44-9)16-17-26(28)38-27/h13,15-18,22,24-25,29,31H,10-12,14,19-21H2,1-9H3/b15-13+/t22-,24+,25+,29-,31-,37-/m0/s1. The fourth-order valence-corrected chi connectivity index (χ4v) is 6.95. The first-order valence-electron chi connectivity index (χ1n) is 17.0. The number of methoxy groups -OCH3 is 1. The van der Waals surface area contributed by atoms with Crippen molar-refractivity contribution >= 4 is 35.0 Å². The minimum Gasteiger partial charge on any atom is -0.497 e. The Morgan fingerprint density at radius 2 is 1.85 bits per heavy atom. The molecule has 1 aromatic heterocycles. The monoisotopic (exact) mass is 649 g/mol. The molecule has 0 N–H and O–H groups in total. The summed E-state index contributed by atoms with van der Waals surface area (Å²) in [5, 5.41) is 0. The molecule has 5 rings (SSSR count). The van der Waals surface area contributed by atoms with Crippen LogP contribution in [0.3, 0.4) is 0 Å². The molecule has 2 fully saturated rings. The van der Waals surface area contributed by atoms with Crippen molar-refractivity contribution in [2.24, 2.45) is 23.2 Å². The van der Waals surface area contributed by atoms with E-state index < -0.39 is 46.6 Å². The molecular weight excluding hydrogens is 598 g/mol. The van der Waals surface area contributed by atoms with E-state index in [0.717, 1.165) is 25.7 Å². The van der Waals surface area contributed by atoms with E-state index in [-0.39, 0.29) is 30.8 Å². The number of hydrogen-bond acceptors (Lipinski definition) is 9. The number of amides is 1. The zero-order valence-corrected chi connectivity index (χ0v) is 29.4. The normalized spacial score (nSPS) is 29.5. The van der Waals surface area contributed by atoms with Crippen molar-refractivity contribution in [2.75, 3.05) is 13.7 Å². The first-order valence-corrected chi connectivity index (χ1v) is 17.0. The van der Waals surface area contributed by atoms with Crippen molar-refractivity contribution < 1.29 is 33.3 Å². The van der Waals surface area contributed by atoms with E-state index in [2.05, 4.69) is 6.08 Å². The predicted molar refractivity (Wildman–Crippen MR) is 179 cm³/mol. The highest BCUT2D eigenvalue weighted by molar-refractivity contribution is 5.90. The first-order chi connectivity index (χ1) is 22.0. The van der Waals surface area contributed by atoms with E-state index >= 15 is 0 Å². The van der Waals surface area contributed by atoms with Crippen LogP contribution in [0.4, 0.5) is 0 Å². The lowest BCUT2D eigenvalue weighted by Gasteiger charge is -2.35. The van der Waals surface area contributed by atoms with Gasteiger partial charge in [-0.1, -0.05) is 33.8 Å². The van der Waals surface area contributed by atoms with E-state index in [0.29, 0.717) is 34.8 Å². The number of benzene rings is 1. The van der Waals surface area contributed by atoms with Gasteiger partial charge in [0.25, 0.3) is 0 Å². The largest absolute Gasteiger partial charge is 0.497 e. The van der Waals surface area contributed by atoms with Gasteiger partial charge in [-0.3, -0.25) is 9.59 Å². The second-order valence-corrected chi connectivity index (χ2v) is 15.6. The van der Waals surface area contributed by atoms with Gasteiger partial charge in [-0.2, -0.15) is 0 Å². The van der Waals surface area contributed by atoms with Gasteiger partial charge in [-0.25, -0.2) is 14.8 Å². The highest BCUT2D eigenvalue weighted by atomic mass is 16.6. The third kappa shape index (κ3) is 7.73. The van der Waals surface area contributed by atoms with Crippen LogP contribution in [-0.4, -0.2) is 69.7 Å². The molecule has 1 amide bonds. The molecule has 1 saturated heterocycles. The third-order valence-electron chi connectivity index (χ3n) is 9.74. The predicted octanol–water partition coefficient (Wildman–Crippen LogP) is 6.54. The van der Waals surface area contributed by atoms with Gasteiger partial charge in [-0.05, 0) is 83.4 Å². The van der Waals surface area contributed by atoms with Gasteiger partial charge in [0, 0.05) is 17.9 Å². The molecule has 0 spiro atoms. The van der Waals surface area contributed by atoms with Crippen molar-refractivity contribution in [1.82, 2.24) is 14.9 Å². The van der Waals surface area contributed by atoms with Crippen molar-refractivity contribution in [1.29, 1.82) is 0 Å². The van der Waals surface area contributed by atoms with E-state index in [1.807, 2.05) is 79.7 Å². The summed E-state index contributed by atoms with van der Waals surface area (Å²) >= 11 is 0. The Bertz CT molecular complexity index is 1540. The van der Waals surface area contributed by atoms with Crippen LogP contribution in [0.2, 0.25) is 0 Å². The smallest absolute Gasteiger partial charge is 0.329 e. The molecular formula is C37H51N3O7. The summed E-state index contributed by atoms with van der Waals surface area (Å²) in [4.78, 5) is 53.3. The zero-order chi connectivity index (χ0) is 34.3. The summed E-state index contributed by atoms with van der Waals surface area (Å²) in [7, 11) is 1.60. The molecule has 256 valence electrons. The lowest BCUT2D eigenvalue weighted by molar-refractivity contribution is -0.167. The summed E-state index contributed by atoms with van der Waals surface area (Å²) in [6, 6.07) is 4.62. The molecule has 6 atom stereocenters. The number of fused-ring (bicyclic) bond motifs is 5. The summed E-state index contributed by atoms with van der Waals surface area (Å²) < 4.78 is 24.1. The Balaban J connectivity index is 1.60. The minimum atomic E-state index is -0.905. The summed E-state index contributed by atoms with van der Waals surface area (Å²) in [6.45, 7) is 15.3. The Kier molecular flexibility index (Phi) is 9.64. The molecule has 1 aromatic carbocycles. The quantitative estimate of drug-likeness (QED) is 0.342. The molecule has 0 unspecified atom stereocenters. The van der Waals surface area contributed by atoms with Crippen molar-refractivity contribution in [3.05, 3.63) is 30.0 Å². The maximum atomic E-state index is 14.6. The van der Waals surface area contributed by atoms with Crippen LogP contribution in [0, 0.1) is 23.2 Å². The van der Waals surface area contributed by atoms with E-state index in [4.69, 9.17) is 28.9 Å². The molecule has 47 heavy (non-hydrogen) atoms. The van der Waals surface area contributed by atoms with Crippen LogP contribution in [0.25, 0.3) is 17.1 Å². The van der Waals surface area contributed by atoms with E-state index in [1.54, 1.807) is 12.0 Å². The molecule has 1 saturated carbocycles. The van der Waals surface area contributed by atoms with E-state index in [1.165, 1.54) is 0 Å². The second kappa shape index (κ2) is 13.1. The van der Waals surface area contributed by atoms with Gasteiger partial charge in [0.1, 0.15) is 34.8 Å². The van der Waals surface area contributed by atoms with Gasteiger partial charge < -0.3 is 23.8 Å². The molecule has 10 heteroatoms. The molecule has 1 aliphatic carbocycles. The molecule has 3 aliphatic rings. The van der Waals surface area contributed by atoms with Gasteiger partial charge in [0.2, 0.25) is 11.8 Å². The topological polar surface area (TPSA) is 117 Å². The minimum absolute atomic E-state index is 0.0740. The summed E-state index contributed by atoms with van der Waals surface area (Å²) in [6.07, 6.45) is 7.37. The highest BCUT2D eigenvalue weighted by Crippen LogP contribution is 2.50. The molecule has 2 aliphatic heterocycles. The average molecular weight is 650 g/mol. The molecule has 10 nitrogen and oxygen atoms in total. The number of carbonyl (C=O) groups is 3. The van der Waals surface area contributed by atoms with Crippen molar-refractivity contribution in [2.45, 2.75) is 117 Å². The Morgan fingerprint density at radius 1 is 1.11 bits per heavy atom. The van der Waals surface area contributed by atoms with Crippen LogP contribution in [0.1, 0.15) is 99.6 Å². The molecule has 3 heterocycles. The number of allylic oxidation sites excluding steroid dienone is 1. The van der Waals surface area contributed by atoms with Crippen molar-refractivity contribution in [3.8, 4) is 11.6 Å². The van der Waals surface area contributed by atoms with Crippen molar-refractivity contribution in [3.63, 3.8) is 0 Å². The lowest BCUT2D eigenvalue weighted by Crippen LogP contribution is -2.50. The number of aromatic nitrogens is 2. The number of rotatable bonds is 3. The fraction of sp³-hybridized carbons (Fsp3) is 0.649.